The van der Waals surface area contributed by atoms with Crippen LogP contribution in [-0.4, -0.2) is 21.2 Å². The number of nitrogens with one attached hydrogen (secondary N) is 1. The standard InChI is InChI=1S/C12H11ClN4O/c1-8-16-11(13)10(7-18)12(17-8)15-6-9-3-2-4-14-5-9/h2-5,7H,6H2,1H3,(H,15,16,17). The number of anilines is 1. The second-order valence-corrected chi connectivity index (χ2v) is 4.01. The van der Waals surface area contributed by atoms with Gasteiger partial charge in [0.2, 0.25) is 0 Å². The van der Waals surface area contributed by atoms with Crippen molar-refractivity contribution in [2.75, 3.05) is 5.32 Å². The monoisotopic (exact) mass is 262 g/mol. The van der Waals surface area contributed by atoms with E-state index in [1.54, 1.807) is 19.3 Å². The van der Waals surface area contributed by atoms with Crippen molar-refractivity contribution in [2.45, 2.75) is 13.5 Å². The van der Waals surface area contributed by atoms with Gasteiger partial charge in [0.15, 0.2) is 6.29 Å². The van der Waals surface area contributed by atoms with Crippen molar-refractivity contribution in [2.24, 2.45) is 0 Å². The molecule has 0 saturated heterocycles. The highest BCUT2D eigenvalue weighted by Crippen LogP contribution is 2.19. The van der Waals surface area contributed by atoms with E-state index in [2.05, 4.69) is 20.3 Å². The van der Waals surface area contributed by atoms with Gasteiger partial charge in [-0.15, -0.1) is 0 Å². The fourth-order valence-electron chi connectivity index (χ4n) is 1.47. The predicted octanol–water partition coefficient (Wildman–Crippen LogP) is 2.26. The van der Waals surface area contributed by atoms with Crippen LogP contribution in [0.5, 0.6) is 0 Å². The quantitative estimate of drug-likeness (QED) is 0.676. The second-order valence-electron chi connectivity index (χ2n) is 3.66. The molecule has 0 radical (unpaired) electrons. The Morgan fingerprint density at radius 3 is 2.94 bits per heavy atom. The minimum atomic E-state index is 0.159. The molecule has 0 bridgehead atoms. The molecule has 2 aromatic rings. The SMILES string of the molecule is Cc1nc(Cl)c(C=O)c(NCc2cccnc2)n1. The normalized spacial score (nSPS) is 10.1. The maximum atomic E-state index is 11.0. The first-order chi connectivity index (χ1) is 8.70. The van der Waals surface area contributed by atoms with Gasteiger partial charge < -0.3 is 5.32 Å². The smallest absolute Gasteiger partial charge is 0.156 e. The van der Waals surface area contributed by atoms with Crippen molar-refractivity contribution >= 4 is 23.7 Å². The highest BCUT2D eigenvalue weighted by molar-refractivity contribution is 6.32. The van der Waals surface area contributed by atoms with E-state index in [0.717, 1.165) is 5.56 Å². The van der Waals surface area contributed by atoms with Crippen LogP contribution < -0.4 is 5.32 Å². The highest BCUT2D eigenvalue weighted by atomic mass is 35.5. The van der Waals surface area contributed by atoms with Crippen LogP contribution in [0.25, 0.3) is 0 Å². The molecule has 0 atom stereocenters. The summed E-state index contributed by atoms with van der Waals surface area (Å²) in [6.45, 7) is 2.23. The molecule has 1 N–H and O–H groups in total. The van der Waals surface area contributed by atoms with Gasteiger partial charge in [0.05, 0.1) is 5.56 Å². The minimum Gasteiger partial charge on any atom is -0.365 e. The number of aryl methyl sites for hydroxylation is 1. The third-order valence-corrected chi connectivity index (χ3v) is 2.60. The van der Waals surface area contributed by atoms with Gasteiger partial charge in [0.1, 0.15) is 16.8 Å². The fraction of sp³-hybridized carbons (Fsp3) is 0.167. The van der Waals surface area contributed by atoms with Gasteiger partial charge in [-0.05, 0) is 18.6 Å². The minimum absolute atomic E-state index is 0.159. The summed E-state index contributed by atoms with van der Waals surface area (Å²) in [7, 11) is 0. The van der Waals surface area contributed by atoms with Crippen molar-refractivity contribution in [3.63, 3.8) is 0 Å². The molecule has 92 valence electrons. The Bertz CT molecular complexity index is 560. The zero-order valence-electron chi connectivity index (χ0n) is 9.72. The Labute approximate surface area is 109 Å². The van der Waals surface area contributed by atoms with E-state index < -0.39 is 0 Å². The fourth-order valence-corrected chi connectivity index (χ4v) is 1.73. The van der Waals surface area contributed by atoms with Crippen LogP contribution in [0.15, 0.2) is 24.5 Å². The molecule has 2 rings (SSSR count). The van der Waals surface area contributed by atoms with E-state index in [0.29, 0.717) is 24.5 Å². The van der Waals surface area contributed by atoms with Gasteiger partial charge in [0, 0.05) is 18.9 Å². The average Bonchev–Trinajstić information content (AvgIpc) is 2.37. The third kappa shape index (κ3) is 2.81. The lowest BCUT2D eigenvalue weighted by Crippen LogP contribution is -2.07. The van der Waals surface area contributed by atoms with E-state index in [9.17, 15) is 4.79 Å². The van der Waals surface area contributed by atoms with Gasteiger partial charge in [-0.1, -0.05) is 17.7 Å². The zero-order chi connectivity index (χ0) is 13.0. The molecule has 0 spiro atoms. The number of rotatable bonds is 4. The van der Waals surface area contributed by atoms with Crippen LogP contribution in [0.1, 0.15) is 21.7 Å². The van der Waals surface area contributed by atoms with Crippen molar-refractivity contribution in [3.05, 3.63) is 46.6 Å². The number of halogens is 1. The van der Waals surface area contributed by atoms with Crippen LogP contribution in [-0.2, 0) is 6.54 Å². The number of hydrogen-bond donors (Lipinski definition) is 1. The average molecular weight is 263 g/mol. The van der Waals surface area contributed by atoms with Crippen LogP contribution in [0.4, 0.5) is 5.82 Å². The summed E-state index contributed by atoms with van der Waals surface area (Å²) in [5, 5.41) is 3.21. The Kier molecular flexibility index (Phi) is 3.84. The van der Waals surface area contributed by atoms with Gasteiger partial charge in [-0.2, -0.15) is 0 Å². The molecule has 0 aromatic carbocycles. The molecule has 2 aromatic heterocycles. The molecule has 0 amide bonds. The molecule has 0 aliphatic rings. The molecule has 2 heterocycles. The molecule has 0 unspecified atom stereocenters. The van der Waals surface area contributed by atoms with Gasteiger partial charge in [-0.25, -0.2) is 9.97 Å². The van der Waals surface area contributed by atoms with Crippen molar-refractivity contribution in [3.8, 4) is 0 Å². The van der Waals surface area contributed by atoms with Gasteiger partial charge >= 0.3 is 0 Å². The summed E-state index contributed by atoms with van der Waals surface area (Å²) in [6.07, 6.45) is 4.09. The topological polar surface area (TPSA) is 67.8 Å². The number of hydrogen-bond acceptors (Lipinski definition) is 5. The van der Waals surface area contributed by atoms with Gasteiger partial charge in [0.25, 0.3) is 0 Å². The Hall–Kier alpha value is -2.01. The molecular formula is C12H11ClN4O. The maximum absolute atomic E-state index is 11.0. The van der Waals surface area contributed by atoms with E-state index in [1.807, 2.05) is 12.1 Å². The molecule has 0 aliphatic heterocycles. The molecule has 0 saturated carbocycles. The van der Waals surface area contributed by atoms with E-state index in [4.69, 9.17) is 11.6 Å². The summed E-state index contributed by atoms with van der Waals surface area (Å²) in [5.41, 5.74) is 1.26. The summed E-state index contributed by atoms with van der Waals surface area (Å²) < 4.78 is 0. The summed E-state index contributed by atoms with van der Waals surface area (Å²) >= 11 is 5.88. The Morgan fingerprint density at radius 2 is 2.28 bits per heavy atom. The van der Waals surface area contributed by atoms with Crippen LogP contribution in [0.2, 0.25) is 5.15 Å². The number of nitrogens with zero attached hydrogens (tertiary/aromatic N) is 3. The van der Waals surface area contributed by atoms with E-state index >= 15 is 0 Å². The van der Waals surface area contributed by atoms with Crippen molar-refractivity contribution < 1.29 is 4.79 Å². The second kappa shape index (κ2) is 5.55. The van der Waals surface area contributed by atoms with Crippen LogP contribution in [0.3, 0.4) is 0 Å². The van der Waals surface area contributed by atoms with E-state index in [-0.39, 0.29) is 10.7 Å². The maximum Gasteiger partial charge on any atom is 0.156 e. The Balaban J connectivity index is 2.21. The lowest BCUT2D eigenvalue weighted by Gasteiger charge is -2.09. The van der Waals surface area contributed by atoms with E-state index in [1.165, 1.54) is 0 Å². The lowest BCUT2D eigenvalue weighted by molar-refractivity contribution is 0.112. The molecule has 0 fully saturated rings. The summed E-state index contributed by atoms with van der Waals surface area (Å²) in [5.74, 6) is 0.950. The molecule has 0 aliphatic carbocycles. The number of aromatic nitrogens is 3. The Morgan fingerprint density at radius 1 is 1.44 bits per heavy atom. The third-order valence-electron chi connectivity index (χ3n) is 2.31. The first-order valence-corrected chi connectivity index (χ1v) is 5.70. The molecule has 6 heteroatoms. The molecule has 18 heavy (non-hydrogen) atoms. The lowest BCUT2D eigenvalue weighted by atomic mass is 10.2. The number of carbonyl (C=O) groups excluding carboxylic acids is 1. The number of pyridine rings is 1. The van der Waals surface area contributed by atoms with Crippen LogP contribution in [0, 0.1) is 6.92 Å². The largest absolute Gasteiger partial charge is 0.365 e. The predicted molar refractivity (Wildman–Crippen MR) is 68.7 cm³/mol. The van der Waals surface area contributed by atoms with Crippen molar-refractivity contribution in [1.29, 1.82) is 0 Å². The van der Waals surface area contributed by atoms with Gasteiger partial charge in [-0.3, -0.25) is 9.78 Å². The first-order valence-electron chi connectivity index (χ1n) is 5.33. The summed E-state index contributed by atoms with van der Waals surface area (Å²) in [4.78, 5) is 23.1. The van der Waals surface area contributed by atoms with Crippen molar-refractivity contribution in [1.82, 2.24) is 15.0 Å². The number of carbonyl (C=O) groups is 1. The van der Waals surface area contributed by atoms with Crippen LogP contribution >= 0.6 is 11.6 Å². The summed E-state index contributed by atoms with van der Waals surface area (Å²) in [6, 6.07) is 3.77. The molecule has 5 nitrogen and oxygen atoms in total. The number of aldehydes is 1. The first kappa shape index (κ1) is 12.4. The zero-order valence-corrected chi connectivity index (χ0v) is 10.5. The highest BCUT2D eigenvalue weighted by Gasteiger charge is 2.10. The molecular weight excluding hydrogens is 252 g/mol.